The summed E-state index contributed by atoms with van der Waals surface area (Å²) < 4.78 is 5.48. The Morgan fingerprint density at radius 1 is 0.429 bits per heavy atom. The lowest BCUT2D eigenvalue weighted by atomic mass is 10.0. The van der Waals surface area contributed by atoms with Gasteiger partial charge in [0.05, 0.1) is 25.4 Å². The molecule has 63 heavy (non-hydrogen) atoms. The number of hydrogen-bond acceptors (Lipinski definition) is 5. The van der Waals surface area contributed by atoms with Crippen molar-refractivity contribution in [2.45, 2.75) is 315 Å². The number of esters is 1. The second-order valence-corrected chi connectivity index (χ2v) is 19.3. The summed E-state index contributed by atoms with van der Waals surface area (Å²) in [6.45, 7) is 4.87. The highest BCUT2D eigenvalue weighted by atomic mass is 16.5. The van der Waals surface area contributed by atoms with Crippen molar-refractivity contribution in [2.75, 3.05) is 13.2 Å². The number of rotatable bonds is 52. The predicted molar refractivity (Wildman–Crippen MR) is 273 cm³/mol. The van der Waals surface area contributed by atoms with Crippen LogP contribution in [0.5, 0.6) is 0 Å². The van der Waals surface area contributed by atoms with Crippen molar-refractivity contribution >= 4 is 11.9 Å². The Kier molecular flexibility index (Phi) is 51.6. The van der Waals surface area contributed by atoms with Gasteiger partial charge < -0.3 is 20.3 Å². The van der Waals surface area contributed by atoms with Crippen LogP contribution in [0.4, 0.5) is 0 Å². The molecule has 0 aliphatic carbocycles. The van der Waals surface area contributed by atoms with Crippen LogP contribution in [0, 0.1) is 0 Å². The van der Waals surface area contributed by atoms with E-state index < -0.39 is 12.1 Å². The van der Waals surface area contributed by atoms with Gasteiger partial charge in [-0.2, -0.15) is 0 Å². The first-order valence-electron chi connectivity index (χ1n) is 28.1. The fourth-order valence-electron chi connectivity index (χ4n) is 8.63. The average Bonchev–Trinajstić information content (AvgIpc) is 3.28. The van der Waals surface area contributed by atoms with Gasteiger partial charge in [-0.25, -0.2) is 0 Å². The van der Waals surface area contributed by atoms with Crippen LogP contribution in [0.25, 0.3) is 0 Å². The summed E-state index contributed by atoms with van der Waals surface area (Å²) in [6.07, 6.45) is 63.5. The van der Waals surface area contributed by atoms with Crippen LogP contribution in [0.1, 0.15) is 303 Å². The molecule has 372 valence electrons. The van der Waals surface area contributed by atoms with Gasteiger partial charge in [-0.05, 0) is 57.8 Å². The number of ether oxygens (including phenoxy) is 1. The average molecular weight is 889 g/mol. The molecule has 0 saturated heterocycles. The molecule has 2 unspecified atom stereocenters. The number of aliphatic hydroxyl groups excluding tert-OH is 2. The molecule has 0 aromatic rings. The molecule has 0 saturated carbocycles. The van der Waals surface area contributed by atoms with Gasteiger partial charge in [-0.15, -0.1) is 0 Å². The van der Waals surface area contributed by atoms with Crippen LogP contribution in [0.15, 0.2) is 24.3 Å². The molecular weight excluding hydrogens is 779 g/mol. The van der Waals surface area contributed by atoms with E-state index in [4.69, 9.17) is 4.74 Å². The molecule has 0 bridgehead atoms. The molecule has 0 heterocycles. The number of hydrogen-bond donors (Lipinski definition) is 3. The van der Waals surface area contributed by atoms with Gasteiger partial charge in [0, 0.05) is 12.8 Å². The van der Waals surface area contributed by atoms with Crippen LogP contribution in [-0.4, -0.2) is 47.4 Å². The van der Waals surface area contributed by atoms with E-state index in [1.54, 1.807) is 6.08 Å². The lowest BCUT2D eigenvalue weighted by Crippen LogP contribution is -2.45. The van der Waals surface area contributed by atoms with Crippen LogP contribution in [-0.2, 0) is 14.3 Å². The Morgan fingerprint density at radius 3 is 1.13 bits per heavy atom. The Hall–Kier alpha value is -1.66. The normalized spacial score (nSPS) is 12.8. The summed E-state index contributed by atoms with van der Waals surface area (Å²) in [7, 11) is 0. The van der Waals surface area contributed by atoms with Gasteiger partial charge in [0.15, 0.2) is 0 Å². The van der Waals surface area contributed by atoms with Crippen molar-refractivity contribution in [3.05, 3.63) is 24.3 Å². The number of carbonyl (C=O) groups excluding carboxylic acids is 2. The Labute approximate surface area is 392 Å². The van der Waals surface area contributed by atoms with Crippen molar-refractivity contribution in [3.63, 3.8) is 0 Å². The standard InChI is InChI=1S/C57H109NO5/c1-3-5-7-9-11-13-15-16-17-18-19-22-25-28-31-35-39-43-47-51-57(62)63-52-48-44-40-36-32-29-26-23-20-21-24-27-30-34-38-42-46-50-56(61)58-54(53-59)55(60)49-45-41-37-33-14-12-10-8-6-4-2/h20,23,45,49,54-55,59-60H,3-19,21-22,24-44,46-48,50-53H2,1-2H3,(H,58,61)/b23-20-,49-45+. The maximum Gasteiger partial charge on any atom is 0.305 e. The summed E-state index contributed by atoms with van der Waals surface area (Å²) in [6, 6.07) is -0.634. The third-order valence-electron chi connectivity index (χ3n) is 13.0. The van der Waals surface area contributed by atoms with E-state index in [-0.39, 0.29) is 18.5 Å². The predicted octanol–water partition coefficient (Wildman–Crippen LogP) is 17.1. The zero-order chi connectivity index (χ0) is 45.8. The van der Waals surface area contributed by atoms with E-state index >= 15 is 0 Å². The lowest BCUT2D eigenvalue weighted by Gasteiger charge is -2.20. The first-order valence-corrected chi connectivity index (χ1v) is 28.1. The smallest absolute Gasteiger partial charge is 0.305 e. The largest absolute Gasteiger partial charge is 0.466 e. The van der Waals surface area contributed by atoms with Gasteiger partial charge in [-0.1, -0.05) is 256 Å². The number of allylic oxidation sites excluding steroid dienone is 3. The highest BCUT2D eigenvalue weighted by molar-refractivity contribution is 5.76. The molecule has 6 nitrogen and oxygen atoms in total. The number of amides is 1. The summed E-state index contributed by atoms with van der Waals surface area (Å²) in [5, 5.41) is 22.9. The Bertz CT molecular complexity index is 982. The van der Waals surface area contributed by atoms with Crippen LogP contribution in [0.2, 0.25) is 0 Å². The highest BCUT2D eigenvalue weighted by Crippen LogP contribution is 2.16. The third-order valence-corrected chi connectivity index (χ3v) is 13.0. The first kappa shape index (κ1) is 61.3. The number of nitrogens with one attached hydrogen (secondary N) is 1. The van der Waals surface area contributed by atoms with Gasteiger partial charge in [0.1, 0.15) is 0 Å². The maximum absolute atomic E-state index is 12.4. The fourth-order valence-corrected chi connectivity index (χ4v) is 8.63. The van der Waals surface area contributed by atoms with E-state index in [0.29, 0.717) is 19.4 Å². The molecule has 0 aliphatic rings. The SMILES string of the molecule is CCCCCCCCCC/C=C/C(O)C(CO)NC(=O)CCCCCCCCC/C=C\CCCCCCCCOC(=O)CCCCCCCCCCCCCCCCCCCCC. The Morgan fingerprint density at radius 2 is 0.746 bits per heavy atom. The van der Waals surface area contributed by atoms with Crippen molar-refractivity contribution in [2.24, 2.45) is 0 Å². The molecular formula is C57H109NO5. The molecule has 0 aliphatic heterocycles. The summed E-state index contributed by atoms with van der Waals surface area (Å²) >= 11 is 0. The van der Waals surface area contributed by atoms with Gasteiger partial charge in [0.2, 0.25) is 5.91 Å². The summed E-state index contributed by atoms with van der Waals surface area (Å²) in [4.78, 5) is 24.5. The topological polar surface area (TPSA) is 95.9 Å². The lowest BCUT2D eigenvalue weighted by molar-refractivity contribution is -0.143. The monoisotopic (exact) mass is 888 g/mol. The zero-order valence-electron chi connectivity index (χ0n) is 42.3. The molecule has 2 atom stereocenters. The quantitative estimate of drug-likeness (QED) is 0.0321. The molecule has 1 amide bonds. The van der Waals surface area contributed by atoms with E-state index in [2.05, 4.69) is 31.3 Å². The molecule has 0 rings (SSSR count). The van der Waals surface area contributed by atoms with E-state index in [1.165, 1.54) is 218 Å². The van der Waals surface area contributed by atoms with Gasteiger partial charge in [0.25, 0.3) is 0 Å². The van der Waals surface area contributed by atoms with Gasteiger partial charge in [-0.3, -0.25) is 9.59 Å². The second kappa shape index (κ2) is 53.0. The Balaban J connectivity index is 3.42. The summed E-state index contributed by atoms with van der Waals surface area (Å²) in [5.41, 5.74) is 0. The van der Waals surface area contributed by atoms with Crippen LogP contribution < -0.4 is 5.32 Å². The fraction of sp³-hybridized carbons (Fsp3) is 0.895. The molecule has 6 heteroatoms. The van der Waals surface area contributed by atoms with Gasteiger partial charge >= 0.3 is 5.97 Å². The van der Waals surface area contributed by atoms with Crippen LogP contribution in [0.3, 0.4) is 0 Å². The highest BCUT2D eigenvalue weighted by Gasteiger charge is 2.18. The first-order chi connectivity index (χ1) is 31.0. The number of carbonyl (C=O) groups is 2. The zero-order valence-corrected chi connectivity index (χ0v) is 42.3. The third kappa shape index (κ3) is 49.6. The molecule has 0 spiro atoms. The minimum atomic E-state index is -0.850. The van der Waals surface area contributed by atoms with Crippen molar-refractivity contribution in [1.82, 2.24) is 5.32 Å². The van der Waals surface area contributed by atoms with Crippen molar-refractivity contribution in [1.29, 1.82) is 0 Å². The molecule has 0 aromatic heterocycles. The maximum atomic E-state index is 12.4. The van der Waals surface area contributed by atoms with E-state index in [0.717, 1.165) is 57.8 Å². The number of aliphatic hydroxyl groups is 2. The molecule has 0 fully saturated rings. The minimum Gasteiger partial charge on any atom is -0.466 e. The second-order valence-electron chi connectivity index (χ2n) is 19.3. The van der Waals surface area contributed by atoms with E-state index in [9.17, 15) is 19.8 Å². The van der Waals surface area contributed by atoms with Crippen molar-refractivity contribution in [3.8, 4) is 0 Å². The van der Waals surface area contributed by atoms with Crippen molar-refractivity contribution < 1.29 is 24.5 Å². The molecule has 3 N–H and O–H groups in total. The van der Waals surface area contributed by atoms with Crippen LogP contribution >= 0.6 is 0 Å². The molecule has 0 aromatic carbocycles. The number of unbranched alkanes of at least 4 members (excludes halogenated alkanes) is 39. The summed E-state index contributed by atoms with van der Waals surface area (Å²) in [5.74, 6) is -0.0799. The molecule has 0 radical (unpaired) electrons. The van der Waals surface area contributed by atoms with E-state index in [1.807, 2.05) is 6.08 Å². The minimum absolute atomic E-state index is 0.00172.